The lowest BCUT2D eigenvalue weighted by molar-refractivity contribution is -0.180. The minimum absolute atomic E-state index is 0.881. The number of hydrogen-bond acceptors (Lipinski definition) is 8. The Balaban J connectivity index is 4.35. The van der Waals surface area contributed by atoms with E-state index in [1.807, 2.05) is 0 Å². The molecule has 0 aromatic heterocycles. The van der Waals surface area contributed by atoms with Crippen molar-refractivity contribution in [1.29, 1.82) is 0 Å². The Morgan fingerprint density at radius 1 is 1.00 bits per heavy atom. The van der Waals surface area contributed by atoms with Gasteiger partial charge in [0.25, 0.3) is 0 Å². The lowest BCUT2D eigenvalue weighted by atomic mass is 10.0. The SMILES string of the molecule is O=S(O)OC(O)[C@H](O)[C@@H](O)[C@H](O)[C@H](O)CO. The summed E-state index contributed by atoms with van der Waals surface area (Å²) in [6.45, 7) is -0.881. The van der Waals surface area contributed by atoms with Gasteiger partial charge in [-0.05, 0) is 0 Å². The zero-order valence-corrected chi connectivity index (χ0v) is 8.77. The monoisotopic (exact) mass is 262 g/mol. The predicted molar refractivity (Wildman–Crippen MR) is 49.0 cm³/mol. The first-order chi connectivity index (χ1) is 7.31. The molecule has 10 heteroatoms. The molecule has 0 spiro atoms. The van der Waals surface area contributed by atoms with Crippen molar-refractivity contribution in [3.05, 3.63) is 0 Å². The van der Waals surface area contributed by atoms with Crippen LogP contribution in [0.4, 0.5) is 0 Å². The highest BCUT2D eigenvalue weighted by atomic mass is 32.2. The zero-order valence-electron chi connectivity index (χ0n) is 7.95. The molecule has 9 nitrogen and oxygen atoms in total. The Morgan fingerprint density at radius 3 is 1.88 bits per heavy atom. The summed E-state index contributed by atoms with van der Waals surface area (Å²) in [6, 6.07) is 0. The standard InChI is InChI=1S/C6H14O9S/c7-1-2(8)3(9)4(10)5(11)6(12)15-16(13)14/h2-12H,1H2,(H,13,14)/t2-,3-,4+,5-,6?/m1/s1. The van der Waals surface area contributed by atoms with Gasteiger partial charge in [-0.25, -0.2) is 4.18 Å². The third kappa shape index (κ3) is 4.78. The molecule has 7 N–H and O–H groups in total. The van der Waals surface area contributed by atoms with Crippen LogP contribution in [-0.4, -0.2) is 76.7 Å². The van der Waals surface area contributed by atoms with Gasteiger partial charge in [0.05, 0.1) is 6.61 Å². The summed E-state index contributed by atoms with van der Waals surface area (Å²) in [6.07, 6.45) is -10.1. The van der Waals surface area contributed by atoms with Gasteiger partial charge >= 0.3 is 11.4 Å². The molecule has 0 amide bonds. The van der Waals surface area contributed by atoms with Gasteiger partial charge in [-0.3, -0.25) is 4.55 Å². The number of hydrogen-bond donors (Lipinski definition) is 7. The maximum atomic E-state index is 10.1. The van der Waals surface area contributed by atoms with E-state index in [0.29, 0.717) is 0 Å². The second-order valence-electron chi connectivity index (χ2n) is 2.93. The first-order valence-electron chi connectivity index (χ1n) is 4.10. The maximum Gasteiger partial charge on any atom is 0.304 e. The van der Waals surface area contributed by atoms with Crippen LogP contribution in [0.25, 0.3) is 0 Å². The number of rotatable bonds is 7. The summed E-state index contributed by atoms with van der Waals surface area (Å²) < 4.78 is 22.1. The van der Waals surface area contributed by atoms with Gasteiger partial charge in [0.1, 0.15) is 24.4 Å². The highest BCUT2D eigenvalue weighted by Crippen LogP contribution is 2.09. The van der Waals surface area contributed by atoms with Crippen LogP contribution in [0.5, 0.6) is 0 Å². The third-order valence-electron chi connectivity index (χ3n) is 1.75. The predicted octanol–water partition coefficient (Wildman–Crippen LogP) is -4.11. The van der Waals surface area contributed by atoms with Crippen molar-refractivity contribution in [1.82, 2.24) is 0 Å². The summed E-state index contributed by atoms with van der Waals surface area (Å²) in [5.41, 5.74) is 0. The highest BCUT2D eigenvalue weighted by Gasteiger charge is 2.35. The normalized spacial score (nSPS) is 23.2. The van der Waals surface area contributed by atoms with Crippen LogP contribution in [0.2, 0.25) is 0 Å². The fourth-order valence-corrected chi connectivity index (χ4v) is 1.13. The molecule has 0 aliphatic carbocycles. The van der Waals surface area contributed by atoms with Crippen molar-refractivity contribution in [3.8, 4) is 0 Å². The smallest absolute Gasteiger partial charge is 0.304 e. The largest absolute Gasteiger partial charge is 0.394 e. The Kier molecular flexibility index (Phi) is 7.14. The molecule has 0 aliphatic rings. The zero-order chi connectivity index (χ0) is 12.9. The van der Waals surface area contributed by atoms with Crippen LogP contribution in [0, 0.1) is 0 Å². The lowest BCUT2D eigenvalue weighted by Crippen LogP contribution is -2.50. The van der Waals surface area contributed by atoms with Gasteiger partial charge in [0, 0.05) is 0 Å². The van der Waals surface area contributed by atoms with Crippen LogP contribution in [-0.2, 0) is 15.5 Å². The third-order valence-corrected chi connectivity index (χ3v) is 2.12. The molecule has 0 saturated heterocycles. The van der Waals surface area contributed by atoms with Crippen molar-refractivity contribution >= 4 is 11.4 Å². The first kappa shape index (κ1) is 15.8. The van der Waals surface area contributed by atoms with E-state index in [-0.39, 0.29) is 0 Å². The average molecular weight is 262 g/mol. The molecule has 0 aliphatic heterocycles. The first-order valence-corrected chi connectivity index (χ1v) is 5.13. The van der Waals surface area contributed by atoms with Gasteiger partial charge < -0.3 is 30.6 Å². The van der Waals surface area contributed by atoms with Crippen molar-refractivity contribution in [3.63, 3.8) is 0 Å². The van der Waals surface area contributed by atoms with E-state index in [2.05, 4.69) is 4.18 Å². The molecular formula is C6H14O9S. The van der Waals surface area contributed by atoms with Crippen LogP contribution in [0.3, 0.4) is 0 Å². The van der Waals surface area contributed by atoms with Crippen molar-refractivity contribution in [2.24, 2.45) is 0 Å². The molecule has 98 valence electrons. The van der Waals surface area contributed by atoms with E-state index in [4.69, 9.17) is 30.1 Å². The van der Waals surface area contributed by atoms with Crippen molar-refractivity contribution in [2.75, 3.05) is 6.61 Å². The molecule has 6 atom stereocenters. The molecule has 0 aromatic carbocycles. The molecular weight excluding hydrogens is 248 g/mol. The van der Waals surface area contributed by atoms with E-state index in [0.717, 1.165) is 0 Å². The fraction of sp³-hybridized carbons (Fsp3) is 1.00. The van der Waals surface area contributed by atoms with Gasteiger partial charge in [0.2, 0.25) is 6.29 Å². The van der Waals surface area contributed by atoms with Gasteiger partial charge in [0.15, 0.2) is 0 Å². The number of aliphatic hydroxyl groups is 6. The van der Waals surface area contributed by atoms with Crippen molar-refractivity contribution < 1.29 is 43.6 Å². The molecule has 0 fully saturated rings. The highest BCUT2D eigenvalue weighted by molar-refractivity contribution is 7.74. The van der Waals surface area contributed by atoms with Gasteiger partial charge in [-0.1, -0.05) is 0 Å². The van der Waals surface area contributed by atoms with E-state index in [9.17, 15) is 9.32 Å². The Labute approximate surface area is 93.0 Å². The lowest BCUT2D eigenvalue weighted by Gasteiger charge is -2.27. The quantitative estimate of drug-likeness (QED) is 0.178. The number of aliphatic hydroxyl groups excluding tert-OH is 6. The fourth-order valence-electron chi connectivity index (χ4n) is 0.848. The van der Waals surface area contributed by atoms with E-state index >= 15 is 0 Å². The molecule has 2 unspecified atom stereocenters. The van der Waals surface area contributed by atoms with Crippen molar-refractivity contribution in [2.45, 2.75) is 30.7 Å². The molecule has 0 heterocycles. The molecule has 0 rings (SSSR count). The Bertz CT molecular complexity index is 224. The Morgan fingerprint density at radius 2 is 1.50 bits per heavy atom. The van der Waals surface area contributed by atoms with Crippen LogP contribution in [0.15, 0.2) is 0 Å². The minimum Gasteiger partial charge on any atom is -0.394 e. The maximum absolute atomic E-state index is 10.1. The second kappa shape index (κ2) is 7.21. The minimum atomic E-state index is -2.87. The van der Waals surface area contributed by atoms with Crippen LogP contribution < -0.4 is 0 Å². The van der Waals surface area contributed by atoms with Crippen LogP contribution in [0.1, 0.15) is 0 Å². The van der Waals surface area contributed by atoms with E-state index < -0.39 is 48.7 Å². The summed E-state index contributed by atoms with van der Waals surface area (Å²) in [5.74, 6) is 0. The Hall–Kier alpha value is -0.170. The summed E-state index contributed by atoms with van der Waals surface area (Å²) >= 11 is -2.87. The van der Waals surface area contributed by atoms with Gasteiger partial charge in [-0.2, -0.15) is 4.21 Å². The topological polar surface area (TPSA) is 168 Å². The summed E-state index contributed by atoms with van der Waals surface area (Å²) in [5, 5.41) is 53.7. The van der Waals surface area contributed by atoms with Crippen LogP contribution >= 0.6 is 0 Å². The molecule has 0 bridgehead atoms. The second-order valence-corrected chi connectivity index (χ2v) is 3.55. The molecule has 0 radical (unpaired) electrons. The summed E-state index contributed by atoms with van der Waals surface area (Å²) in [7, 11) is 0. The van der Waals surface area contributed by atoms with Gasteiger partial charge in [-0.15, -0.1) is 0 Å². The summed E-state index contributed by atoms with van der Waals surface area (Å²) in [4.78, 5) is 0. The molecule has 0 saturated carbocycles. The molecule has 16 heavy (non-hydrogen) atoms. The van der Waals surface area contributed by atoms with E-state index in [1.165, 1.54) is 0 Å². The average Bonchev–Trinajstić information content (AvgIpc) is 2.23. The van der Waals surface area contributed by atoms with E-state index in [1.54, 1.807) is 0 Å². The molecule has 0 aromatic rings.